The van der Waals surface area contributed by atoms with E-state index in [1.807, 2.05) is 36.4 Å². The van der Waals surface area contributed by atoms with Crippen molar-refractivity contribution >= 4 is 278 Å². The highest BCUT2D eigenvalue weighted by atomic mass is 16.3. The van der Waals surface area contributed by atoms with Gasteiger partial charge in [0.1, 0.15) is 137 Å². The van der Waals surface area contributed by atoms with Gasteiger partial charge in [0.05, 0.1) is 5.52 Å². The lowest BCUT2D eigenvalue weighted by molar-refractivity contribution is 0.674. The highest BCUT2D eigenvalue weighted by Crippen LogP contribution is 2.40. The highest BCUT2D eigenvalue weighted by Gasteiger charge is 2.30. The molecule has 3 heterocycles. The van der Waals surface area contributed by atoms with Crippen molar-refractivity contribution < 1.29 is 4.42 Å². The fourth-order valence-electron chi connectivity index (χ4n) is 12.9. The number of rotatable bonds is 5. The van der Waals surface area contributed by atoms with Gasteiger partial charge in [0.15, 0.2) is 17.5 Å². The summed E-state index contributed by atoms with van der Waals surface area (Å²) < 4.78 is 10.2. The zero-order valence-corrected chi connectivity index (χ0v) is 45.9. The Hall–Kier alpha value is -6.85. The largest absolute Gasteiger partial charge is 0.457 e. The number of benzene rings is 9. The Morgan fingerprint density at radius 2 is 0.703 bits per heavy atom. The average Bonchev–Trinajstić information content (AvgIpc) is 4.02. The molecule has 0 saturated carbocycles. The molecule has 0 saturated heterocycles. The Morgan fingerprint density at radius 1 is 0.297 bits per heavy atom. The third-order valence-electron chi connectivity index (χ3n) is 18.2. The van der Waals surface area contributed by atoms with E-state index in [-0.39, 0.29) is 0 Å². The van der Waals surface area contributed by atoms with E-state index < -0.39 is 0 Å². The summed E-state index contributed by atoms with van der Waals surface area (Å²) in [5.41, 5.74) is 31.8. The third-order valence-corrected chi connectivity index (χ3v) is 18.2. The Balaban J connectivity index is 1.18. The van der Waals surface area contributed by atoms with Crippen molar-refractivity contribution in [3.63, 3.8) is 0 Å². The molecular formula is C53H48B16N4O. The van der Waals surface area contributed by atoms with E-state index >= 15 is 0 Å². The first kappa shape index (κ1) is 48.1. The van der Waals surface area contributed by atoms with Crippen molar-refractivity contribution in [2.75, 3.05) is 0 Å². The van der Waals surface area contributed by atoms with Crippen molar-refractivity contribution in [1.82, 2.24) is 19.5 Å². The first-order chi connectivity index (χ1) is 35.4. The van der Waals surface area contributed by atoms with Gasteiger partial charge in [-0.15, -0.1) is 16.4 Å². The Bertz CT molecular complexity index is 4450. The van der Waals surface area contributed by atoms with Crippen LogP contribution in [0.3, 0.4) is 0 Å². The van der Waals surface area contributed by atoms with Crippen LogP contribution in [0.25, 0.3) is 116 Å². The molecule has 0 aliphatic rings. The first-order valence-electron chi connectivity index (χ1n) is 26.2. The zero-order chi connectivity index (χ0) is 52.1. The van der Waals surface area contributed by atoms with Crippen LogP contribution in [0.4, 0.5) is 0 Å². The van der Waals surface area contributed by atoms with Gasteiger partial charge >= 0.3 is 0 Å². The van der Waals surface area contributed by atoms with Gasteiger partial charge in [-0.05, 0) is 49.6 Å². The molecule has 0 aliphatic carbocycles. The van der Waals surface area contributed by atoms with Gasteiger partial charge in [0.25, 0.3) is 0 Å². The lowest BCUT2D eigenvalue weighted by Gasteiger charge is -2.24. The van der Waals surface area contributed by atoms with Gasteiger partial charge in [0.2, 0.25) is 0 Å². The first-order valence-corrected chi connectivity index (χ1v) is 26.2. The number of hydrogen-bond donors (Lipinski definition) is 0. The van der Waals surface area contributed by atoms with Crippen LogP contribution in [0.15, 0.2) is 101 Å². The summed E-state index contributed by atoms with van der Waals surface area (Å²) in [6.07, 6.45) is 0. The molecule has 74 heavy (non-hydrogen) atoms. The van der Waals surface area contributed by atoms with E-state index in [9.17, 15) is 0 Å². The number of hydrogen-bond acceptors (Lipinski definition) is 4. The summed E-state index contributed by atoms with van der Waals surface area (Å²) in [4.78, 5) is 15.4. The minimum atomic E-state index is 0.639. The van der Waals surface area contributed by atoms with Gasteiger partial charge in [-0.2, -0.15) is 0 Å². The molecule has 0 unspecified atom stereocenters. The number of fused-ring (bicyclic) bond motifs is 9. The van der Waals surface area contributed by atoms with E-state index in [2.05, 4.69) is 191 Å². The lowest BCUT2D eigenvalue weighted by atomic mass is 9.61. The Kier molecular flexibility index (Phi) is 11.3. The standard InChI is InChI=1S/C53H48B16N4O/c54-30-23(21-15-16-22(20-14-8-7-13-19(20)21)53-71-51(17-9-3-1-4-10-17)70-52(72-53)18-11-5-2-6-12-18)24-29-36(60)42(66)48(45(69)50(29)74-49(24)44(68)40(30)64)73-46-26-25(32(56)37(61)38(62)34(26)58)31(55)33(57)27(46)28-35(59)39(63)41(65)43(67)47(28)73/h1-16H,54-69H2. The van der Waals surface area contributed by atoms with E-state index in [4.69, 9.17) is 19.4 Å². The maximum absolute atomic E-state index is 7.49. The molecule has 0 N–H and O–H groups in total. The summed E-state index contributed by atoms with van der Waals surface area (Å²) in [7, 11) is 37.1. The number of aromatic nitrogens is 4. The number of nitrogens with zero attached hydrogens (tertiary/aromatic N) is 4. The molecular weight excluding hydrogens is 882 g/mol. The molecule has 0 bridgehead atoms. The van der Waals surface area contributed by atoms with E-state index in [1.54, 1.807) is 0 Å². The minimum absolute atomic E-state index is 0.639. The van der Waals surface area contributed by atoms with Crippen LogP contribution in [-0.2, 0) is 0 Å². The second-order valence-electron chi connectivity index (χ2n) is 21.5. The Labute approximate surface area is 447 Å². The van der Waals surface area contributed by atoms with Gasteiger partial charge in [-0.1, -0.05) is 157 Å². The fraction of sp³-hybridized carbons (Fsp3) is 0. The maximum Gasteiger partial charge on any atom is 0.164 e. The molecule has 9 aromatic carbocycles. The van der Waals surface area contributed by atoms with Gasteiger partial charge < -0.3 is 8.98 Å². The predicted octanol–water partition coefficient (Wildman–Crippen LogP) is -14.0. The van der Waals surface area contributed by atoms with Crippen LogP contribution in [0, 0.1) is 0 Å². The van der Waals surface area contributed by atoms with Crippen molar-refractivity contribution in [2.24, 2.45) is 0 Å². The number of furan rings is 1. The summed E-state index contributed by atoms with van der Waals surface area (Å²) in [6, 6.07) is 33.7. The van der Waals surface area contributed by atoms with Crippen molar-refractivity contribution in [1.29, 1.82) is 0 Å². The monoisotopic (exact) mass is 933 g/mol. The SMILES string of the molecule is Bc1c(B)c(-c2ccc(-c3nc(-c4ccccc4)nc(-c4ccccc4)n3)c3ccccc23)c2c(oc3c(B)c(-n4c5c(B)c(B)c(B)c(B)c5c5c(B)c(B)c6c(B)c(B)c(B)c(B)c6c54)c(B)c(B)c32)c1B. The summed E-state index contributed by atoms with van der Waals surface area (Å²) in [6.45, 7) is 0. The van der Waals surface area contributed by atoms with Crippen molar-refractivity contribution in [3.8, 4) is 51.0 Å². The van der Waals surface area contributed by atoms with Crippen LogP contribution in [0.1, 0.15) is 0 Å². The van der Waals surface area contributed by atoms with E-state index in [1.165, 1.54) is 137 Å². The summed E-state index contributed by atoms with van der Waals surface area (Å²) in [5, 5.41) is 10.0. The molecule has 12 rings (SSSR count). The topological polar surface area (TPSA) is 56.7 Å². The Morgan fingerprint density at radius 3 is 1.28 bits per heavy atom. The molecule has 21 heteroatoms. The molecule has 0 spiro atoms. The predicted molar refractivity (Wildman–Crippen MR) is 369 cm³/mol. The molecule has 3 aromatic heterocycles. The normalized spacial score (nSPS) is 11.8. The second kappa shape index (κ2) is 17.4. The quantitative estimate of drug-likeness (QED) is 0.161. The molecule has 0 fully saturated rings. The lowest BCUT2D eigenvalue weighted by Crippen LogP contribution is -2.50. The summed E-state index contributed by atoms with van der Waals surface area (Å²) >= 11 is 0. The van der Waals surface area contributed by atoms with Crippen LogP contribution in [0.5, 0.6) is 0 Å². The van der Waals surface area contributed by atoms with Crippen LogP contribution in [-0.4, -0.2) is 145 Å². The molecule has 334 valence electrons. The van der Waals surface area contributed by atoms with Crippen LogP contribution >= 0.6 is 0 Å². The van der Waals surface area contributed by atoms with Gasteiger partial charge in [-0.3, -0.25) is 0 Å². The van der Waals surface area contributed by atoms with Gasteiger partial charge in [-0.25, -0.2) is 15.0 Å². The van der Waals surface area contributed by atoms with Crippen LogP contribution in [0.2, 0.25) is 0 Å². The molecule has 5 nitrogen and oxygen atoms in total. The smallest absolute Gasteiger partial charge is 0.164 e. The highest BCUT2D eigenvalue weighted by molar-refractivity contribution is 6.74. The molecule has 0 aliphatic heterocycles. The van der Waals surface area contributed by atoms with Crippen molar-refractivity contribution in [2.45, 2.75) is 0 Å². The minimum Gasteiger partial charge on any atom is -0.457 e. The third kappa shape index (κ3) is 6.63. The second-order valence-corrected chi connectivity index (χ2v) is 21.5. The molecule has 0 amide bonds. The fourth-order valence-corrected chi connectivity index (χ4v) is 12.9. The molecule has 0 atom stereocenters. The molecule has 12 aromatic rings. The average molecular weight is 930 g/mol. The van der Waals surface area contributed by atoms with E-state index in [0.717, 1.165) is 49.7 Å². The molecule has 0 radical (unpaired) electrons. The maximum atomic E-state index is 7.49. The zero-order valence-electron chi connectivity index (χ0n) is 45.9. The van der Waals surface area contributed by atoms with Gasteiger partial charge in [0, 0.05) is 44.1 Å². The summed E-state index contributed by atoms with van der Waals surface area (Å²) in [5.74, 6) is 1.93. The van der Waals surface area contributed by atoms with E-state index in [0.29, 0.717) is 17.5 Å². The van der Waals surface area contributed by atoms with Crippen LogP contribution < -0.4 is 87.4 Å². The van der Waals surface area contributed by atoms with Crippen molar-refractivity contribution in [3.05, 3.63) is 97.1 Å².